The Bertz CT molecular complexity index is 1340. The van der Waals surface area contributed by atoms with Crippen molar-refractivity contribution in [1.29, 1.82) is 0 Å². The molecule has 0 saturated heterocycles. The number of alkyl halides is 6. The zero-order chi connectivity index (χ0) is 26.1. The molecule has 1 N–H and O–H groups in total. The van der Waals surface area contributed by atoms with Crippen LogP contribution >= 0.6 is 11.8 Å². The third-order valence-corrected chi connectivity index (χ3v) is 7.61. The first-order valence-electron chi connectivity index (χ1n) is 8.32. The van der Waals surface area contributed by atoms with E-state index in [0.717, 1.165) is 24.3 Å². The van der Waals surface area contributed by atoms with Crippen molar-refractivity contribution in [2.75, 3.05) is 11.1 Å². The van der Waals surface area contributed by atoms with Crippen molar-refractivity contribution >= 4 is 48.7 Å². The summed E-state index contributed by atoms with van der Waals surface area (Å²) in [5.74, 6) is -2.83. The maximum atomic E-state index is 12.7. The van der Waals surface area contributed by atoms with Crippen LogP contribution in [0, 0.1) is 10.1 Å². The van der Waals surface area contributed by atoms with Crippen LogP contribution in [0.15, 0.2) is 57.2 Å². The first-order valence-corrected chi connectivity index (χ1v) is 12.3. The molecule has 0 aliphatic carbocycles. The Morgan fingerprint density at radius 2 is 1.62 bits per heavy atom. The van der Waals surface area contributed by atoms with Crippen molar-refractivity contribution in [3.8, 4) is 0 Å². The third kappa shape index (κ3) is 6.60. The fraction of sp³-hybridized carbons (Fsp3) is 0.188. The van der Waals surface area contributed by atoms with Gasteiger partial charge in [-0.2, -0.15) is 26.3 Å². The topological polar surface area (TPSA) is 141 Å². The predicted molar refractivity (Wildman–Crippen MR) is 105 cm³/mol. The number of hydrogen-bond acceptors (Lipinski definition) is 8. The lowest BCUT2D eigenvalue weighted by Gasteiger charge is -2.11. The molecule has 0 heterocycles. The summed E-state index contributed by atoms with van der Waals surface area (Å²) in [6, 6.07) is 4.50. The van der Waals surface area contributed by atoms with E-state index in [1.165, 1.54) is 0 Å². The number of anilines is 1. The highest BCUT2D eigenvalue weighted by Gasteiger charge is 2.47. The summed E-state index contributed by atoms with van der Waals surface area (Å²) >= 11 is -0.512. The average molecular weight is 552 g/mol. The highest BCUT2D eigenvalue weighted by molar-refractivity contribution is 8.00. The van der Waals surface area contributed by atoms with Crippen LogP contribution in [-0.4, -0.2) is 44.4 Å². The third-order valence-electron chi connectivity index (χ3n) is 3.75. The van der Waals surface area contributed by atoms with E-state index in [9.17, 15) is 58.1 Å². The quantitative estimate of drug-likeness (QED) is 0.236. The number of benzene rings is 2. The van der Waals surface area contributed by atoms with Crippen molar-refractivity contribution in [3.63, 3.8) is 0 Å². The average Bonchev–Trinajstić information content (AvgIpc) is 2.64. The van der Waals surface area contributed by atoms with E-state index in [4.69, 9.17) is 0 Å². The number of nitrogens with zero attached hydrogens (tertiary/aromatic N) is 1. The van der Waals surface area contributed by atoms with Crippen molar-refractivity contribution in [2.45, 2.75) is 25.7 Å². The number of carbonyl (C=O) groups is 1. The van der Waals surface area contributed by atoms with Gasteiger partial charge in [-0.1, -0.05) is 6.07 Å². The Labute approximate surface area is 191 Å². The molecule has 2 aromatic carbocycles. The second-order valence-electron chi connectivity index (χ2n) is 6.22. The van der Waals surface area contributed by atoms with Gasteiger partial charge in [0.05, 0.1) is 9.82 Å². The van der Waals surface area contributed by atoms with Crippen LogP contribution in [0.25, 0.3) is 0 Å². The van der Waals surface area contributed by atoms with Gasteiger partial charge >= 0.3 is 11.0 Å². The number of rotatable bonds is 7. The van der Waals surface area contributed by atoms with Gasteiger partial charge in [0.1, 0.15) is 10.6 Å². The van der Waals surface area contributed by atoms with E-state index in [1.807, 2.05) is 5.32 Å². The standard InChI is InChI=1S/C16H10F6N2O7S3/c17-15(18,19)32-10-3-1-2-9(6-10)23-14(25)8-33(28,29)13-5-4-11(7-12(13)24(26)27)34(30,31)16(20,21)22/h1-7H,8H2,(H,23,25). The van der Waals surface area contributed by atoms with E-state index < -0.39 is 74.5 Å². The van der Waals surface area contributed by atoms with Crippen LogP contribution in [0.4, 0.5) is 37.7 Å². The molecule has 18 heteroatoms. The molecule has 0 spiro atoms. The molecule has 0 atom stereocenters. The first-order chi connectivity index (χ1) is 15.3. The minimum Gasteiger partial charge on any atom is -0.325 e. The van der Waals surface area contributed by atoms with Crippen molar-refractivity contribution in [3.05, 3.63) is 52.6 Å². The highest BCUT2D eigenvalue weighted by atomic mass is 32.2. The van der Waals surface area contributed by atoms with Crippen LogP contribution in [0.3, 0.4) is 0 Å². The number of carbonyl (C=O) groups excluding carboxylic acids is 1. The number of nitrogens with one attached hydrogen (secondary N) is 1. The summed E-state index contributed by atoms with van der Waals surface area (Å²) in [6.45, 7) is 0. The zero-order valence-electron chi connectivity index (χ0n) is 16.0. The number of amides is 1. The SMILES string of the molecule is O=C(CS(=O)(=O)c1ccc(S(=O)(=O)C(F)(F)F)cc1[N+](=O)[O-])Nc1cccc(SC(F)(F)F)c1. The smallest absolute Gasteiger partial charge is 0.325 e. The molecule has 1 amide bonds. The molecule has 0 aliphatic heterocycles. The van der Waals surface area contributed by atoms with E-state index >= 15 is 0 Å². The molecular formula is C16H10F6N2O7S3. The molecule has 0 aromatic heterocycles. The Balaban J connectivity index is 2.34. The lowest BCUT2D eigenvalue weighted by molar-refractivity contribution is -0.388. The summed E-state index contributed by atoms with van der Waals surface area (Å²) < 4.78 is 123. The maximum Gasteiger partial charge on any atom is 0.501 e. The molecule has 2 rings (SSSR count). The molecule has 0 unspecified atom stereocenters. The first kappa shape index (κ1) is 27.4. The summed E-state index contributed by atoms with van der Waals surface area (Å²) in [5, 5.41) is 13.2. The molecule has 0 bridgehead atoms. The van der Waals surface area contributed by atoms with Crippen molar-refractivity contribution < 1.29 is 52.9 Å². The van der Waals surface area contributed by atoms with Gasteiger partial charge in [0.2, 0.25) is 5.91 Å². The fourth-order valence-electron chi connectivity index (χ4n) is 2.42. The van der Waals surface area contributed by atoms with Gasteiger partial charge in [0.25, 0.3) is 15.5 Å². The molecule has 9 nitrogen and oxygen atoms in total. The zero-order valence-corrected chi connectivity index (χ0v) is 18.5. The fourth-order valence-corrected chi connectivity index (χ4v) is 5.10. The van der Waals surface area contributed by atoms with E-state index in [2.05, 4.69) is 0 Å². The Hall–Kier alpha value is -2.86. The minimum atomic E-state index is -6.04. The second kappa shape index (κ2) is 9.41. The Morgan fingerprint density at radius 3 is 2.15 bits per heavy atom. The molecule has 0 radical (unpaired) electrons. The number of nitro benzene ring substituents is 1. The number of nitro groups is 1. The van der Waals surface area contributed by atoms with Gasteiger partial charge in [-0.05, 0) is 42.1 Å². The predicted octanol–water partition coefficient (Wildman–Crippen LogP) is 3.91. The van der Waals surface area contributed by atoms with E-state index in [0.29, 0.717) is 0 Å². The van der Waals surface area contributed by atoms with Crippen LogP contribution in [0.1, 0.15) is 0 Å². The molecule has 0 fully saturated rings. The summed E-state index contributed by atoms with van der Waals surface area (Å²) in [6.07, 6.45) is 0. The second-order valence-corrected chi connectivity index (χ2v) is 11.3. The van der Waals surface area contributed by atoms with Crippen LogP contribution in [-0.2, 0) is 24.5 Å². The van der Waals surface area contributed by atoms with Gasteiger partial charge in [-0.15, -0.1) is 0 Å². The van der Waals surface area contributed by atoms with Gasteiger partial charge in [-0.3, -0.25) is 14.9 Å². The van der Waals surface area contributed by atoms with Crippen molar-refractivity contribution in [2.24, 2.45) is 0 Å². The van der Waals surface area contributed by atoms with Crippen molar-refractivity contribution in [1.82, 2.24) is 0 Å². The lowest BCUT2D eigenvalue weighted by Crippen LogP contribution is -2.25. The Kier molecular flexibility index (Phi) is 7.58. The molecule has 186 valence electrons. The summed E-state index contributed by atoms with van der Waals surface area (Å²) in [4.78, 5) is 18.7. The molecule has 34 heavy (non-hydrogen) atoms. The minimum absolute atomic E-state index is 0.106. The van der Waals surface area contributed by atoms with Gasteiger partial charge in [0.15, 0.2) is 9.84 Å². The largest absolute Gasteiger partial charge is 0.501 e. The van der Waals surface area contributed by atoms with Crippen LogP contribution < -0.4 is 5.32 Å². The normalized spacial score (nSPS) is 12.9. The van der Waals surface area contributed by atoms with Gasteiger partial charge < -0.3 is 5.32 Å². The monoisotopic (exact) mass is 552 g/mol. The number of thioether (sulfide) groups is 1. The maximum absolute atomic E-state index is 12.7. The van der Waals surface area contributed by atoms with Gasteiger partial charge in [0, 0.05) is 16.6 Å². The highest BCUT2D eigenvalue weighted by Crippen LogP contribution is 2.38. The van der Waals surface area contributed by atoms with Crippen LogP contribution in [0.5, 0.6) is 0 Å². The van der Waals surface area contributed by atoms with Crippen LogP contribution in [0.2, 0.25) is 0 Å². The van der Waals surface area contributed by atoms with E-state index in [-0.39, 0.29) is 28.8 Å². The molecule has 2 aromatic rings. The number of hydrogen-bond donors (Lipinski definition) is 1. The summed E-state index contributed by atoms with van der Waals surface area (Å²) in [7, 11) is -10.9. The summed E-state index contributed by atoms with van der Waals surface area (Å²) in [5.41, 5.74) is -12.2. The molecule has 0 saturated carbocycles. The Morgan fingerprint density at radius 1 is 1.00 bits per heavy atom. The number of sulfone groups is 2. The molecule has 0 aliphatic rings. The van der Waals surface area contributed by atoms with E-state index in [1.54, 1.807) is 0 Å². The number of halogens is 6. The van der Waals surface area contributed by atoms with Gasteiger partial charge in [-0.25, -0.2) is 16.8 Å². The molecular weight excluding hydrogens is 542 g/mol. The lowest BCUT2D eigenvalue weighted by atomic mass is 10.3.